The maximum absolute atomic E-state index is 5.57. The van der Waals surface area contributed by atoms with Crippen LogP contribution in [0.1, 0.15) is 32.0 Å². The van der Waals surface area contributed by atoms with Crippen molar-refractivity contribution in [3.05, 3.63) is 18.0 Å². The highest BCUT2D eigenvalue weighted by Gasteiger charge is 2.06. The zero-order valence-corrected chi connectivity index (χ0v) is 7.83. The summed E-state index contributed by atoms with van der Waals surface area (Å²) in [5.41, 5.74) is 6.85. The van der Waals surface area contributed by atoms with E-state index in [0.29, 0.717) is 12.6 Å². The number of hydrogen-bond donors (Lipinski definition) is 1. The molecule has 0 aliphatic carbocycles. The van der Waals surface area contributed by atoms with Gasteiger partial charge < -0.3 is 5.73 Å². The van der Waals surface area contributed by atoms with Crippen molar-refractivity contribution in [1.82, 2.24) is 9.78 Å². The van der Waals surface area contributed by atoms with E-state index in [1.165, 1.54) is 5.69 Å². The molecule has 3 nitrogen and oxygen atoms in total. The minimum atomic E-state index is 0.321. The lowest BCUT2D eigenvalue weighted by molar-refractivity contribution is 0.479. The molecule has 12 heavy (non-hydrogen) atoms. The van der Waals surface area contributed by atoms with Gasteiger partial charge in [-0.05, 0) is 19.4 Å². The van der Waals surface area contributed by atoms with Crippen LogP contribution in [0.3, 0.4) is 0 Å². The Balaban J connectivity index is 2.76. The van der Waals surface area contributed by atoms with Gasteiger partial charge in [0.15, 0.2) is 0 Å². The molecule has 0 saturated heterocycles. The summed E-state index contributed by atoms with van der Waals surface area (Å²) in [6.45, 7) is 4.91. The normalized spacial score (nSPS) is 13.2. The van der Waals surface area contributed by atoms with Gasteiger partial charge >= 0.3 is 0 Å². The third-order valence-electron chi connectivity index (χ3n) is 2.02. The second-order valence-corrected chi connectivity index (χ2v) is 3.10. The van der Waals surface area contributed by atoms with E-state index in [1.54, 1.807) is 0 Å². The Morgan fingerprint density at radius 2 is 2.42 bits per heavy atom. The average molecular weight is 167 g/mol. The molecule has 0 fully saturated rings. The van der Waals surface area contributed by atoms with Crippen molar-refractivity contribution >= 4 is 0 Å². The predicted molar refractivity (Wildman–Crippen MR) is 50.0 cm³/mol. The molecular formula is C9H17N3. The van der Waals surface area contributed by atoms with Gasteiger partial charge in [0, 0.05) is 18.4 Å². The number of nitrogens with two attached hydrogens (primary N) is 1. The van der Waals surface area contributed by atoms with Crippen LogP contribution in [0.4, 0.5) is 0 Å². The third-order valence-corrected chi connectivity index (χ3v) is 2.02. The summed E-state index contributed by atoms with van der Waals surface area (Å²) in [5, 5.41) is 4.24. The van der Waals surface area contributed by atoms with E-state index in [4.69, 9.17) is 5.73 Å². The lowest BCUT2D eigenvalue weighted by Crippen LogP contribution is -2.19. The van der Waals surface area contributed by atoms with Gasteiger partial charge in [-0.1, -0.05) is 13.3 Å². The van der Waals surface area contributed by atoms with Crippen LogP contribution in [-0.4, -0.2) is 16.3 Å². The summed E-state index contributed by atoms with van der Waals surface area (Å²) in [7, 11) is 0. The monoisotopic (exact) mass is 167 g/mol. The van der Waals surface area contributed by atoms with E-state index in [2.05, 4.69) is 25.0 Å². The quantitative estimate of drug-likeness (QED) is 0.735. The number of rotatable bonds is 4. The van der Waals surface area contributed by atoms with Crippen LogP contribution in [0, 0.1) is 0 Å². The van der Waals surface area contributed by atoms with Crippen molar-refractivity contribution in [2.75, 3.05) is 6.54 Å². The van der Waals surface area contributed by atoms with Crippen molar-refractivity contribution in [2.24, 2.45) is 5.73 Å². The Morgan fingerprint density at radius 3 is 3.00 bits per heavy atom. The molecule has 1 aromatic heterocycles. The van der Waals surface area contributed by atoms with Gasteiger partial charge in [0.05, 0.1) is 6.04 Å². The van der Waals surface area contributed by atoms with Crippen LogP contribution in [0.5, 0.6) is 0 Å². The van der Waals surface area contributed by atoms with E-state index in [1.807, 2.05) is 10.9 Å². The second-order valence-electron chi connectivity index (χ2n) is 3.10. The third kappa shape index (κ3) is 1.85. The van der Waals surface area contributed by atoms with Gasteiger partial charge in [0.1, 0.15) is 0 Å². The van der Waals surface area contributed by atoms with Crippen LogP contribution in [-0.2, 0) is 6.42 Å². The summed E-state index contributed by atoms with van der Waals surface area (Å²) >= 11 is 0. The summed E-state index contributed by atoms with van der Waals surface area (Å²) in [5.74, 6) is 0. The Bertz CT molecular complexity index is 229. The van der Waals surface area contributed by atoms with Crippen LogP contribution >= 0.6 is 0 Å². The average Bonchev–Trinajstić information content (AvgIpc) is 2.52. The van der Waals surface area contributed by atoms with Crippen LogP contribution in [0.25, 0.3) is 0 Å². The summed E-state index contributed by atoms with van der Waals surface area (Å²) in [6.07, 6.45) is 4.09. The molecule has 0 aromatic carbocycles. The standard InChI is InChI=1S/C9H17N3/c1-3-4-9-5-6-11-12(9)8(2)7-10/h5-6,8H,3-4,7,10H2,1-2H3. The first-order valence-corrected chi connectivity index (χ1v) is 4.52. The molecule has 68 valence electrons. The maximum Gasteiger partial charge on any atom is 0.0616 e. The largest absolute Gasteiger partial charge is 0.328 e. The summed E-state index contributed by atoms with van der Waals surface area (Å²) in [6, 6.07) is 2.39. The molecule has 0 spiro atoms. The highest BCUT2D eigenvalue weighted by Crippen LogP contribution is 2.09. The molecule has 0 saturated carbocycles. The fraction of sp³-hybridized carbons (Fsp3) is 0.667. The smallest absolute Gasteiger partial charge is 0.0616 e. The first-order chi connectivity index (χ1) is 5.79. The first-order valence-electron chi connectivity index (χ1n) is 4.52. The first kappa shape index (κ1) is 9.26. The highest BCUT2D eigenvalue weighted by molar-refractivity contribution is 5.01. The molecule has 0 aliphatic heterocycles. The minimum Gasteiger partial charge on any atom is -0.328 e. The molecule has 3 heteroatoms. The highest BCUT2D eigenvalue weighted by atomic mass is 15.3. The number of aromatic nitrogens is 2. The molecule has 1 unspecified atom stereocenters. The Hall–Kier alpha value is -0.830. The molecular weight excluding hydrogens is 150 g/mol. The SMILES string of the molecule is CCCc1ccnn1C(C)CN. The zero-order chi connectivity index (χ0) is 8.97. The van der Waals surface area contributed by atoms with Crippen LogP contribution < -0.4 is 5.73 Å². The van der Waals surface area contributed by atoms with Crippen LogP contribution in [0.2, 0.25) is 0 Å². The lowest BCUT2D eigenvalue weighted by Gasteiger charge is -2.12. The molecule has 1 rings (SSSR count). The lowest BCUT2D eigenvalue weighted by atomic mass is 10.2. The Morgan fingerprint density at radius 1 is 1.67 bits per heavy atom. The molecule has 0 amide bonds. The van der Waals surface area contributed by atoms with Gasteiger partial charge in [-0.15, -0.1) is 0 Å². The van der Waals surface area contributed by atoms with E-state index >= 15 is 0 Å². The molecule has 1 aromatic rings. The van der Waals surface area contributed by atoms with Crippen molar-refractivity contribution in [1.29, 1.82) is 0 Å². The number of hydrogen-bond acceptors (Lipinski definition) is 2. The summed E-state index contributed by atoms with van der Waals surface area (Å²) in [4.78, 5) is 0. The fourth-order valence-electron chi connectivity index (χ4n) is 1.29. The van der Waals surface area contributed by atoms with Crippen molar-refractivity contribution in [3.8, 4) is 0 Å². The van der Waals surface area contributed by atoms with E-state index < -0.39 is 0 Å². The Labute approximate surface area is 73.6 Å². The van der Waals surface area contributed by atoms with Gasteiger partial charge in [-0.2, -0.15) is 5.10 Å². The van der Waals surface area contributed by atoms with Crippen molar-refractivity contribution in [2.45, 2.75) is 32.7 Å². The van der Waals surface area contributed by atoms with E-state index in [9.17, 15) is 0 Å². The molecule has 0 aliphatic rings. The Kier molecular flexibility index (Phi) is 3.29. The van der Waals surface area contributed by atoms with Crippen LogP contribution in [0.15, 0.2) is 12.3 Å². The number of nitrogens with zero attached hydrogens (tertiary/aromatic N) is 2. The molecule has 2 N–H and O–H groups in total. The molecule has 1 heterocycles. The fourth-order valence-corrected chi connectivity index (χ4v) is 1.29. The van der Waals surface area contributed by atoms with Crippen molar-refractivity contribution < 1.29 is 0 Å². The van der Waals surface area contributed by atoms with Gasteiger partial charge in [0.2, 0.25) is 0 Å². The van der Waals surface area contributed by atoms with E-state index in [-0.39, 0.29) is 0 Å². The molecule has 0 bridgehead atoms. The second kappa shape index (κ2) is 4.26. The molecule has 0 radical (unpaired) electrons. The molecule has 1 atom stereocenters. The van der Waals surface area contributed by atoms with Gasteiger partial charge in [-0.25, -0.2) is 0 Å². The summed E-state index contributed by atoms with van der Waals surface area (Å²) < 4.78 is 2.02. The number of aryl methyl sites for hydroxylation is 1. The predicted octanol–water partition coefficient (Wildman–Crippen LogP) is 1.36. The van der Waals surface area contributed by atoms with Crippen molar-refractivity contribution in [3.63, 3.8) is 0 Å². The maximum atomic E-state index is 5.57. The van der Waals surface area contributed by atoms with Gasteiger partial charge in [0.25, 0.3) is 0 Å². The zero-order valence-electron chi connectivity index (χ0n) is 7.83. The minimum absolute atomic E-state index is 0.321. The topological polar surface area (TPSA) is 43.8 Å². The van der Waals surface area contributed by atoms with E-state index in [0.717, 1.165) is 12.8 Å². The van der Waals surface area contributed by atoms with Gasteiger partial charge in [-0.3, -0.25) is 4.68 Å².